The summed E-state index contributed by atoms with van der Waals surface area (Å²) in [6.45, 7) is 7.77. The zero-order chi connectivity index (χ0) is 24.0. The molecule has 12 heteroatoms. The lowest BCUT2D eigenvalue weighted by Gasteiger charge is -2.25. The van der Waals surface area contributed by atoms with Crippen LogP contribution in [0.1, 0.15) is 27.7 Å². The number of rotatable bonds is 11. The van der Waals surface area contributed by atoms with E-state index in [4.69, 9.17) is 15.0 Å². The van der Waals surface area contributed by atoms with Crippen molar-refractivity contribution in [1.82, 2.24) is 24.6 Å². The number of anilines is 1. The molecule has 3 atom stereocenters. The SMILES string of the molecule is CC(C)SC(=O)[C@H](C)N[P@](=O)(CO[C@H](C)Cn1cnc2c(N)ncnc21)Oc1ccccc1. The van der Waals surface area contributed by atoms with Gasteiger partial charge in [-0.1, -0.05) is 43.8 Å². The monoisotopic (exact) mass is 492 g/mol. The number of carbonyl (C=O) groups excluding carboxylic acids is 1. The molecule has 10 nitrogen and oxygen atoms in total. The topological polar surface area (TPSA) is 134 Å². The van der Waals surface area contributed by atoms with Crippen LogP contribution in [0.4, 0.5) is 5.82 Å². The molecular formula is C21H29N6O4PS. The van der Waals surface area contributed by atoms with Gasteiger partial charge in [-0.3, -0.25) is 9.36 Å². The molecule has 0 fully saturated rings. The number of ether oxygens (including phenoxy) is 1. The summed E-state index contributed by atoms with van der Waals surface area (Å²) in [5, 5.41) is 2.89. The third kappa shape index (κ3) is 7.01. The van der Waals surface area contributed by atoms with Gasteiger partial charge < -0.3 is 19.6 Å². The maximum atomic E-state index is 13.7. The van der Waals surface area contributed by atoms with Crippen LogP contribution >= 0.6 is 19.3 Å². The van der Waals surface area contributed by atoms with Gasteiger partial charge in [-0.2, -0.15) is 0 Å². The largest absolute Gasteiger partial charge is 0.431 e. The number of thioether (sulfide) groups is 1. The summed E-state index contributed by atoms with van der Waals surface area (Å²) >= 11 is 1.19. The average molecular weight is 493 g/mol. The van der Waals surface area contributed by atoms with E-state index in [1.807, 2.05) is 26.8 Å². The Hall–Kier alpha value is -2.46. The summed E-state index contributed by atoms with van der Waals surface area (Å²) in [6, 6.07) is 8.13. The highest BCUT2D eigenvalue weighted by Gasteiger charge is 2.31. The van der Waals surface area contributed by atoms with Crippen LogP contribution in [0.3, 0.4) is 0 Å². The van der Waals surface area contributed by atoms with E-state index in [1.165, 1.54) is 18.1 Å². The van der Waals surface area contributed by atoms with Gasteiger partial charge in [-0.25, -0.2) is 20.0 Å². The fourth-order valence-electron chi connectivity index (χ4n) is 3.01. The van der Waals surface area contributed by atoms with Crippen LogP contribution in [0.5, 0.6) is 5.75 Å². The van der Waals surface area contributed by atoms with Crippen molar-refractivity contribution in [3.8, 4) is 5.75 Å². The Morgan fingerprint density at radius 3 is 2.61 bits per heavy atom. The zero-order valence-corrected chi connectivity index (χ0v) is 20.8. The summed E-state index contributed by atoms with van der Waals surface area (Å²) in [5.41, 5.74) is 6.94. The molecule has 0 unspecified atom stereocenters. The predicted molar refractivity (Wildman–Crippen MR) is 130 cm³/mol. The number of hydrogen-bond acceptors (Lipinski definition) is 9. The van der Waals surface area contributed by atoms with E-state index in [9.17, 15) is 9.36 Å². The Morgan fingerprint density at radius 1 is 1.18 bits per heavy atom. The van der Waals surface area contributed by atoms with Gasteiger partial charge in [0.2, 0.25) is 5.12 Å². The lowest BCUT2D eigenvalue weighted by molar-refractivity contribution is -0.112. The Morgan fingerprint density at radius 2 is 1.91 bits per heavy atom. The Balaban J connectivity index is 1.70. The summed E-state index contributed by atoms with van der Waals surface area (Å²) in [6.07, 6.45) is 2.40. The molecule has 0 bridgehead atoms. The normalized spacial score (nSPS) is 15.3. The number of imidazole rings is 1. The van der Waals surface area contributed by atoms with E-state index in [0.717, 1.165) is 0 Å². The van der Waals surface area contributed by atoms with E-state index in [0.29, 0.717) is 29.3 Å². The van der Waals surface area contributed by atoms with E-state index in [1.54, 1.807) is 42.1 Å². The lowest BCUT2D eigenvalue weighted by Crippen LogP contribution is -2.34. The molecule has 0 saturated carbocycles. The van der Waals surface area contributed by atoms with Gasteiger partial charge in [-0.05, 0) is 26.0 Å². The number of nitrogen functional groups attached to an aromatic ring is 1. The highest BCUT2D eigenvalue weighted by atomic mass is 32.2. The number of nitrogens with one attached hydrogen (secondary N) is 1. The Bertz CT molecular complexity index is 1130. The highest BCUT2D eigenvalue weighted by molar-refractivity contribution is 8.14. The van der Waals surface area contributed by atoms with Crippen LogP contribution in [0, 0.1) is 0 Å². The maximum absolute atomic E-state index is 13.7. The number of nitrogens with two attached hydrogens (primary N) is 1. The molecule has 2 aromatic heterocycles. The number of fused-ring (bicyclic) bond motifs is 1. The molecule has 0 radical (unpaired) electrons. The molecule has 0 saturated heterocycles. The van der Waals surface area contributed by atoms with Crippen LogP contribution in [0.25, 0.3) is 11.2 Å². The summed E-state index contributed by atoms with van der Waals surface area (Å²) in [7, 11) is -3.57. The molecule has 33 heavy (non-hydrogen) atoms. The third-order valence-corrected chi connectivity index (χ3v) is 7.34. The lowest BCUT2D eigenvalue weighted by atomic mass is 10.3. The van der Waals surface area contributed by atoms with Crippen LogP contribution in [0.2, 0.25) is 0 Å². The minimum Gasteiger partial charge on any atom is -0.431 e. The maximum Gasteiger partial charge on any atom is 0.342 e. The number of nitrogens with zero attached hydrogens (tertiary/aromatic N) is 4. The quantitative estimate of drug-likeness (QED) is 0.382. The van der Waals surface area contributed by atoms with Crippen molar-refractivity contribution in [2.24, 2.45) is 0 Å². The fourth-order valence-corrected chi connectivity index (χ4v) is 5.63. The number of carbonyl (C=O) groups is 1. The van der Waals surface area contributed by atoms with Gasteiger partial charge in [0, 0.05) is 5.25 Å². The predicted octanol–water partition coefficient (Wildman–Crippen LogP) is 3.69. The van der Waals surface area contributed by atoms with E-state index in [-0.39, 0.29) is 22.8 Å². The molecule has 1 aromatic carbocycles. The average Bonchev–Trinajstić information content (AvgIpc) is 3.16. The smallest absolute Gasteiger partial charge is 0.342 e. The van der Waals surface area contributed by atoms with Crippen molar-refractivity contribution in [1.29, 1.82) is 0 Å². The van der Waals surface area contributed by atoms with Gasteiger partial charge in [0.1, 0.15) is 23.9 Å². The molecule has 2 heterocycles. The van der Waals surface area contributed by atoms with Crippen molar-refractivity contribution in [3.63, 3.8) is 0 Å². The molecule has 3 rings (SSSR count). The van der Waals surface area contributed by atoms with E-state index in [2.05, 4.69) is 20.0 Å². The number of aromatic nitrogens is 4. The second-order valence-corrected chi connectivity index (χ2v) is 11.5. The van der Waals surface area contributed by atoms with Gasteiger partial charge in [0.15, 0.2) is 11.5 Å². The van der Waals surface area contributed by atoms with Crippen LogP contribution in [-0.4, -0.2) is 48.4 Å². The third-order valence-electron chi connectivity index (χ3n) is 4.50. The van der Waals surface area contributed by atoms with Crippen molar-refractivity contribution in [2.75, 3.05) is 12.1 Å². The van der Waals surface area contributed by atoms with Gasteiger partial charge in [0.25, 0.3) is 0 Å². The Labute approximate surface area is 197 Å². The second-order valence-electron chi connectivity index (χ2n) is 7.85. The van der Waals surface area contributed by atoms with E-state index >= 15 is 0 Å². The van der Waals surface area contributed by atoms with Crippen LogP contribution < -0.4 is 15.3 Å². The first-order chi connectivity index (χ1) is 15.7. The summed E-state index contributed by atoms with van der Waals surface area (Å²) in [4.78, 5) is 24.8. The molecule has 3 aromatic rings. The minimum absolute atomic E-state index is 0.114. The molecule has 3 N–H and O–H groups in total. The van der Waals surface area contributed by atoms with Gasteiger partial charge >= 0.3 is 7.52 Å². The van der Waals surface area contributed by atoms with E-state index < -0.39 is 13.6 Å². The molecule has 0 aliphatic rings. The zero-order valence-electron chi connectivity index (χ0n) is 19.0. The fraction of sp³-hybridized carbons (Fsp3) is 0.429. The second kappa shape index (κ2) is 11.1. The number of benzene rings is 1. The van der Waals surface area contributed by atoms with Crippen LogP contribution in [-0.2, 0) is 20.6 Å². The van der Waals surface area contributed by atoms with Crippen LogP contribution in [0.15, 0.2) is 43.0 Å². The van der Waals surface area contributed by atoms with Crippen molar-refractivity contribution in [3.05, 3.63) is 43.0 Å². The first kappa shape index (κ1) is 25.2. The highest BCUT2D eigenvalue weighted by Crippen LogP contribution is 2.44. The first-order valence-corrected chi connectivity index (χ1v) is 13.2. The first-order valence-electron chi connectivity index (χ1n) is 10.5. The summed E-state index contributed by atoms with van der Waals surface area (Å²) < 4.78 is 27.2. The molecule has 0 aliphatic heterocycles. The van der Waals surface area contributed by atoms with Crippen molar-refractivity contribution >= 4 is 41.4 Å². The van der Waals surface area contributed by atoms with Crippen molar-refractivity contribution < 1.29 is 18.6 Å². The number of hydrogen-bond donors (Lipinski definition) is 2. The standard InChI is InChI=1S/C21H29N6O4PS/c1-14(2)33-21(28)16(4)26-32(29,31-17-8-6-5-7-9-17)13-30-15(3)10-27-12-25-18-19(22)23-11-24-20(18)27/h5-9,11-12,14-16H,10,13H2,1-4H3,(H,26,29)(H2,22,23,24)/t15-,16+,32+/m1/s1. The number of para-hydroxylation sites is 1. The Kier molecular flexibility index (Phi) is 8.47. The minimum atomic E-state index is -3.57. The van der Waals surface area contributed by atoms with Crippen molar-refractivity contribution in [2.45, 2.75) is 51.6 Å². The molecule has 0 spiro atoms. The van der Waals surface area contributed by atoms with Gasteiger partial charge in [0.05, 0.1) is 25.0 Å². The van der Waals surface area contributed by atoms with Gasteiger partial charge in [-0.15, -0.1) is 0 Å². The molecule has 0 aliphatic carbocycles. The summed E-state index contributed by atoms with van der Waals surface area (Å²) in [5.74, 6) is 0.726. The molecule has 0 amide bonds. The molecule has 178 valence electrons. The molecular weight excluding hydrogens is 463 g/mol.